The van der Waals surface area contributed by atoms with Crippen molar-refractivity contribution in [2.45, 2.75) is 20.8 Å². The van der Waals surface area contributed by atoms with E-state index < -0.39 is 10.9 Å². The van der Waals surface area contributed by atoms with Gasteiger partial charge in [0.25, 0.3) is 5.69 Å². The summed E-state index contributed by atoms with van der Waals surface area (Å²) in [6.07, 6.45) is 0. The Balaban J connectivity index is 2.17. The van der Waals surface area contributed by atoms with Crippen LogP contribution in [-0.2, 0) is 0 Å². The minimum Gasteiger partial charge on any atom is -0.478 e. The number of carboxylic acid groups (broad SMARTS) is 1. The molecule has 0 atom stereocenters. The lowest BCUT2D eigenvalue weighted by Crippen LogP contribution is -2.04. The van der Waals surface area contributed by atoms with Gasteiger partial charge in [-0.15, -0.1) is 0 Å². The average Bonchev–Trinajstić information content (AvgIpc) is 2.67. The molecule has 0 aliphatic carbocycles. The summed E-state index contributed by atoms with van der Waals surface area (Å²) in [7, 11) is 0. The highest BCUT2D eigenvalue weighted by molar-refractivity contribution is 6.15. The van der Waals surface area contributed by atoms with Gasteiger partial charge in [0.1, 0.15) is 0 Å². The zero-order valence-electron chi connectivity index (χ0n) is 16.2. The normalized spacial score (nSPS) is 11.1. The average molecular weight is 386 g/mol. The molecule has 1 heterocycles. The number of aromatic carboxylic acids is 1. The number of non-ortho nitro benzene ring substituents is 1. The summed E-state index contributed by atoms with van der Waals surface area (Å²) in [5.41, 5.74) is 5.47. The van der Waals surface area contributed by atoms with E-state index in [1.54, 1.807) is 30.3 Å². The molecule has 0 bridgehead atoms. The highest BCUT2D eigenvalue weighted by Crippen LogP contribution is 2.38. The van der Waals surface area contributed by atoms with E-state index in [2.05, 4.69) is 4.98 Å². The van der Waals surface area contributed by atoms with Gasteiger partial charge in [-0.25, -0.2) is 9.78 Å². The molecule has 6 nitrogen and oxygen atoms in total. The number of aromatic nitrogens is 1. The van der Waals surface area contributed by atoms with Crippen LogP contribution in [0.5, 0.6) is 0 Å². The van der Waals surface area contributed by atoms with Crippen LogP contribution >= 0.6 is 0 Å². The first-order chi connectivity index (χ1) is 13.8. The molecule has 0 aliphatic heterocycles. The summed E-state index contributed by atoms with van der Waals surface area (Å²) in [6, 6.07) is 13.8. The Hall–Kier alpha value is -3.80. The van der Waals surface area contributed by atoms with Gasteiger partial charge in [0.15, 0.2) is 0 Å². The molecule has 0 spiro atoms. The highest BCUT2D eigenvalue weighted by atomic mass is 16.6. The molecule has 1 N–H and O–H groups in total. The molecule has 0 fully saturated rings. The maximum atomic E-state index is 12.2. The van der Waals surface area contributed by atoms with Gasteiger partial charge in [0.05, 0.1) is 21.5 Å². The molecule has 6 heteroatoms. The number of pyridine rings is 1. The van der Waals surface area contributed by atoms with Gasteiger partial charge in [-0.2, -0.15) is 0 Å². The number of hydrogen-bond acceptors (Lipinski definition) is 4. The summed E-state index contributed by atoms with van der Waals surface area (Å²) in [5.74, 6) is -1.03. The fraction of sp³-hybridized carbons (Fsp3) is 0.130. The molecule has 0 radical (unpaired) electrons. The zero-order valence-corrected chi connectivity index (χ0v) is 16.2. The second-order valence-electron chi connectivity index (χ2n) is 7.15. The SMILES string of the molecule is Cc1ccc([N+](=O)[O-])cc1-c1c(C)cc2nc3ccccc3c(C(=O)O)c2c1C. The molecular weight excluding hydrogens is 368 g/mol. The van der Waals surface area contributed by atoms with Crippen molar-refractivity contribution >= 4 is 33.5 Å². The molecule has 0 amide bonds. The van der Waals surface area contributed by atoms with Crippen LogP contribution in [0, 0.1) is 30.9 Å². The van der Waals surface area contributed by atoms with Crippen molar-refractivity contribution in [2.24, 2.45) is 0 Å². The fourth-order valence-corrected chi connectivity index (χ4v) is 4.04. The van der Waals surface area contributed by atoms with Crippen molar-refractivity contribution < 1.29 is 14.8 Å². The first-order valence-electron chi connectivity index (χ1n) is 9.11. The molecule has 4 rings (SSSR count). The fourth-order valence-electron chi connectivity index (χ4n) is 4.04. The maximum absolute atomic E-state index is 12.2. The molecular formula is C23H18N2O4. The topological polar surface area (TPSA) is 93.3 Å². The third kappa shape index (κ3) is 2.89. The molecule has 0 aliphatic rings. The van der Waals surface area contributed by atoms with Gasteiger partial charge in [-0.1, -0.05) is 24.3 Å². The Labute approximate surface area is 166 Å². The van der Waals surface area contributed by atoms with Gasteiger partial charge in [-0.05, 0) is 60.7 Å². The highest BCUT2D eigenvalue weighted by Gasteiger charge is 2.21. The van der Waals surface area contributed by atoms with E-state index in [0.29, 0.717) is 21.8 Å². The second kappa shape index (κ2) is 6.67. The summed E-state index contributed by atoms with van der Waals surface area (Å²) in [6.45, 7) is 5.65. The monoisotopic (exact) mass is 386 g/mol. The van der Waals surface area contributed by atoms with Gasteiger partial charge >= 0.3 is 5.97 Å². The number of carboxylic acids is 1. The Morgan fingerprint density at radius 1 is 1.00 bits per heavy atom. The number of nitro groups is 1. The van der Waals surface area contributed by atoms with Crippen molar-refractivity contribution in [3.63, 3.8) is 0 Å². The molecule has 4 aromatic rings. The molecule has 0 saturated carbocycles. The second-order valence-corrected chi connectivity index (χ2v) is 7.15. The van der Waals surface area contributed by atoms with Crippen LogP contribution in [0.15, 0.2) is 48.5 Å². The van der Waals surface area contributed by atoms with Gasteiger partial charge < -0.3 is 5.11 Å². The quantitative estimate of drug-likeness (QED) is 0.281. The Kier molecular flexibility index (Phi) is 4.27. The molecule has 144 valence electrons. The van der Waals surface area contributed by atoms with Crippen molar-refractivity contribution in [1.29, 1.82) is 0 Å². The van der Waals surface area contributed by atoms with Crippen LogP contribution in [0.3, 0.4) is 0 Å². The number of hydrogen-bond donors (Lipinski definition) is 1. The summed E-state index contributed by atoms with van der Waals surface area (Å²) in [5, 5.41) is 22.4. The van der Waals surface area contributed by atoms with E-state index in [9.17, 15) is 20.0 Å². The van der Waals surface area contributed by atoms with Crippen molar-refractivity contribution in [1.82, 2.24) is 4.98 Å². The van der Waals surface area contributed by atoms with Crippen molar-refractivity contribution in [3.05, 3.63) is 80.9 Å². The number of rotatable bonds is 3. The van der Waals surface area contributed by atoms with Crippen molar-refractivity contribution in [2.75, 3.05) is 0 Å². The number of benzene rings is 3. The molecule has 3 aromatic carbocycles. The number of carbonyl (C=O) groups is 1. The van der Waals surface area contributed by atoms with Gasteiger partial charge in [0, 0.05) is 22.9 Å². The van der Waals surface area contributed by atoms with E-state index in [0.717, 1.165) is 27.8 Å². The van der Waals surface area contributed by atoms with Crippen LogP contribution in [-0.4, -0.2) is 21.0 Å². The smallest absolute Gasteiger partial charge is 0.337 e. The lowest BCUT2D eigenvalue weighted by Gasteiger charge is -2.17. The standard InChI is InChI=1S/C23H18N2O4/c1-12-8-9-15(25(28)29)11-17(12)20-13(2)10-19-21(14(20)3)22(23(26)27)16-6-4-5-7-18(16)24-19/h4-11H,1-3H3,(H,26,27). The summed E-state index contributed by atoms with van der Waals surface area (Å²) >= 11 is 0. The summed E-state index contributed by atoms with van der Waals surface area (Å²) in [4.78, 5) is 27.7. The molecule has 0 saturated heterocycles. The van der Waals surface area contributed by atoms with E-state index in [4.69, 9.17) is 0 Å². The van der Waals surface area contributed by atoms with Crippen LogP contribution in [0.4, 0.5) is 5.69 Å². The maximum Gasteiger partial charge on any atom is 0.337 e. The third-order valence-electron chi connectivity index (χ3n) is 5.33. The molecule has 1 aromatic heterocycles. The van der Waals surface area contributed by atoms with Crippen molar-refractivity contribution in [3.8, 4) is 11.1 Å². The van der Waals surface area contributed by atoms with Crippen LogP contribution in [0.2, 0.25) is 0 Å². The number of nitro benzene ring substituents is 1. The predicted molar refractivity (Wildman–Crippen MR) is 113 cm³/mol. The molecule has 29 heavy (non-hydrogen) atoms. The Morgan fingerprint density at radius 3 is 2.41 bits per heavy atom. The third-order valence-corrected chi connectivity index (χ3v) is 5.33. The van der Waals surface area contributed by atoms with E-state index >= 15 is 0 Å². The van der Waals surface area contributed by atoms with Crippen LogP contribution < -0.4 is 0 Å². The van der Waals surface area contributed by atoms with E-state index in [1.165, 1.54) is 6.07 Å². The Bertz CT molecular complexity index is 1340. The summed E-state index contributed by atoms with van der Waals surface area (Å²) < 4.78 is 0. The number of fused-ring (bicyclic) bond motifs is 2. The lowest BCUT2D eigenvalue weighted by molar-refractivity contribution is -0.384. The number of para-hydroxylation sites is 1. The lowest BCUT2D eigenvalue weighted by atomic mass is 9.87. The predicted octanol–water partition coefficient (Wildman–Crippen LogP) is 5.59. The minimum atomic E-state index is -1.03. The molecule has 0 unspecified atom stereocenters. The number of aryl methyl sites for hydroxylation is 3. The van der Waals surface area contributed by atoms with E-state index in [-0.39, 0.29) is 11.3 Å². The number of nitrogens with zero attached hydrogens (tertiary/aromatic N) is 2. The first-order valence-corrected chi connectivity index (χ1v) is 9.11. The first kappa shape index (κ1) is 18.6. The van der Waals surface area contributed by atoms with Gasteiger partial charge in [0.2, 0.25) is 0 Å². The minimum absolute atomic E-state index is 0.000378. The van der Waals surface area contributed by atoms with Crippen LogP contribution in [0.25, 0.3) is 32.9 Å². The van der Waals surface area contributed by atoms with E-state index in [1.807, 2.05) is 32.9 Å². The zero-order chi connectivity index (χ0) is 20.9. The van der Waals surface area contributed by atoms with Crippen LogP contribution in [0.1, 0.15) is 27.0 Å². The van der Waals surface area contributed by atoms with Gasteiger partial charge in [-0.3, -0.25) is 10.1 Å². The largest absolute Gasteiger partial charge is 0.478 e. The Morgan fingerprint density at radius 2 is 1.72 bits per heavy atom.